The Morgan fingerprint density at radius 1 is 0.923 bits per heavy atom. The van der Waals surface area contributed by atoms with Crippen LogP contribution in [0.1, 0.15) is 53.6 Å². The van der Waals surface area contributed by atoms with Gasteiger partial charge in [-0.3, -0.25) is 4.79 Å². The molecule has 0 spiro atoms. The van der Waals surface area contributed by atoms with E-state index in [2.05, 4.69) is 11.0 Å². The van der Waals surface area contributed by atoms with Crippen LogP contribution < -0.4 is 10.5 Å². The van der Waals surface area contributed by atoms with Gasteiger partial charge in [0, 0.05) is 42.8 Å². The maximum atomic E-state index is 12.8. The first-order chi connectivity index (χ1) is 12.7. The third-order valence-corrected chi connectivity index (χ3v) is 6.09. The maximum absolute atomic E-state index is 12.8. The summed E-state index contributed by atoms with van der Waals surface area (Å²) in [6.45, 7) is 3.64. The van der Waals surface area contributed by atoms with Crippen LogP contribution in [-0.4, -0.2) is 37.0 Å². The van der Waals surface area contributed by atoms with Crippen molar-refractivity contribution in [2.75, 3.05) is 31.1 Å². The van der Waals surface area contributed by atoms with Gasteiger partial charge in [0.05, 0.1) is 0 Å². The third kappa shape index (κ3) is 2.44. The molecule has 5 nitrogen and oxygen atoms in total. The van der Waals surface area contributed by atoms with E-state index in [1.54, 1.807) is 11.0 Å². The lowest BCUT2D eigenvalue weighted by molar-refractivity contribution is 0.0720. The maximum Gasteiger partial charge on any atom is 0.349 e. The van der Waals surface area contributed by atoms with Gasteiger partial charge in [0.2, 0.25) is 0 Å². The van der Waals surface area contributed by atoms with Gasteiger partial charge in [0.1, 0.15) is 11.1 Å². The number of fused-ring (bicyclic) bond motifs is 2. The van der Waals surface area contributed by atoms with Crippen LogP contribution in [0.4, 0.5) is 5.69 Å². The van der Waals surface area contributed by atoms with Crippen molar-refractivity contribution in [1.82, 2.24) is 4.90 Å². The first kappa shape index (κ1) is 15.9. The second-order valence-corrected chi connectivity index (χ2v) is 7.78. The topological polar surface area (TPSA) is 53.8 Å². The Labute approximate surface area is 152 Å². The summed E-state index contributed by atoms with van der Waals surface area (Å²) in [4.78, 5) is 29.7. The summed E-state index contributed by atoms with van der Waals surface area (Å²) >= 11 is 0. The Balaban J connectivity index is 1.65. The number of hydrogen-bond donors (Lipinski definition) is 0. The molecule has 0 atom stereocenters. The molecule has 0 bridgehead atoms. The monoisotopic (exact) mass is 352 g/mol. The van der Waals surface area contributed by atoms with Crippen LogP contribution in [-0.2, 0) is 12.8 Å². The first-order valence-electron chi connectivity index (χ1n) is 9.89. The number of benzene rings is 1. The number of piperidine rings is 1. The molecule has 1 fully saturated rings. The van der Waals surface area contributed by atoms with Gasteiger partial charge in [0.25, 0.3) is 5.91 Å². The number of aryl methyl sites for hydroxylation is 2. The standard InChI is InChI=1S/C21H24N2O3/c24-20(23-8-2-1-3-9-23)17-13-15-12-14-6-4-10-22-11-5-7-16(18(14)22)19(15)26-21(17)25/h12-13H,1-11H2. The molecule has 0 radical (unpaired) electrons. The smallest absolute Gasteiger partial charge is 0.349 e. The predicted octanol–water partition coefficient (Wildman–Crippen LogP) is 3.12. The molecule has 2 aromatic rings. The fourth-order valence-corrected chi connectivity index (χ4v) is 4.86. The highest BCUT2D eigenvalue weighted by Gasteiger charge is 2.28. The molecule has 0 saturated carbocycles. The average Bonchev–Trinajstić information content (AvgIpc) is 2.69. The molecule has 3 aliphatic rings. The summed E-state index contributed by atoms with van der Waals surface area (Å²) in [5.74, 6) is -0.173. The molecule has 5 rings (SSSR count). The molecule has 1 saturated heterocycles. The molecule has 0 unspecified atom stereocenters. The van der Waals surface area contributed by atoms with Crippen molar-refractivity contribution in [2.24, 2.45) is 0 Å². The minimum atomic E-state index is -0.489. The summed E-state index contributed by atoms with van der Waals surface area (Å²) in [5, 5.41) is 0.905. The molecule has 1 aromatic heterocycles. The van der Waals surface area contributed by atoms with Crippen LogP contribution in [0.15, 0.2) is 21.3 Å². The number of anilines is 1. The summed E-state index contributed by atoms with van der Waals surface area (Å²) < 4.78 is 5.75. The number of amides is 1. The Hall–Kier alpha value is -2.30. The fraction of sp³-hybridized carbons (Fsp3) is 0.524. The lowest BCUT2D eigenvalue weighted by atomic mass is 9.90. The van der Waals surface area contributed by atoms with Crippen LogP contribution in [0.5, 0.6) is 0 Å². The fourth-order valence-electron chi connectivity index (χ4n) is 4.86. The van der Waals surface area contributed by atoms with Crippen LogP contribution in [0, 0.1) is 0 Å². The largest absolute Gasteiger partial charge is 0.422 e. The van der Waals surface area contributed by atoms with E-state index in [0.29, 0.717) is 5.58 Å². The van der Waals surface area contributed by atoms with Crippen molar-refractivity contribution >= 4 is 22.6 Å². The zero-order chi connectivity index (χ0) is 17.7. The first-order valence-corrected chi connectivity index (χ1v) is 9.89. The van der Waals surface area contributed by atoms with Crippen molar-refractivity contribution in [3.8, 4) is 0 Å². The van der Waals surface area contributed by atoms with E-state index >= 15 is 0 Å². The number of likely N-dealkylation sites (tertiary alicyclic amines) is 1. The number of carbonyl (C=O) groups is 1. The van der Waals surface area contributed by atoms with Crippen LogP contribution in [0.25, 0.3) is 11.0 Å². The summed E-state index contributed by atoms with van der Waals surface area (Å²) in [7, 11) is 0. The van der Waals surface area contributed by atoms with E-state index in [0.717, 1.165) is 82.1 Å². The molecule has 26 heavy (non-hydrogen) atoms. The minimum absolute atomic E-state index is 0.173. The average molecular weight is 352 g/mol. The van der Waals surface area contributed by atoms with Gasteiger partial charge in [-0.25, -0.2) is 4.79 Å². The minimum Gasteiger partial charge on any atom is -0.422 e. The van der Waals surface area contributed by atoms with Gasteiger partial charge < -0.3 is 14.2 Å². The predicted molar refractivity (Wildman–Crippen MR) is 101 cm³/mol. The van der Waals surface area contributed by atoms with Crippen LogP contribution >= 0.6 is 0 Å². The highest BCUT2D eigenvalue weighted by Crippen LogP contribution is 2.39. The number of hydrogen-bond acceptors (Lipinski definition) is 4. The summed E-state index contributed by atoms with van der Waals surface area (Å²) in [6, 6.07) is 3.92. The second kappa shape index (κ2) is 6.15. The van der Waals surface area contributed by atoms with Gasteiger partial charge >= 0.3 is 5.63 Å². The van der Waals surface area contributed by atoms with Crippen molar-refractivity contribution in [3.63, 3.8) is 0 Å². The zero-order valence-electron chi connectivity index (χ0n) is 15.1. The Morgan fingerprint density at radius 2 is 1.69 bits per heavy atom. The quantitative estimate of drug-likeness (QED) is 0.740. The molecule has 0 N–H and O–H groups in total. The molecule has 3 aliphatic heterocycles. The summed E-state index contributed by atoms with van der Waals surface area (Å²) in [5.41, 5.74) is 4.18. The van der Waals surface area contributed by atoms with E-state index in [1.807, 2.05) is 0 Å². The third-order valence-electron chi connectivity index (χ3n) is 6.09. The van der Waals surface area contributed by atoms with Crippen LogP contribution in [0.3, 0.4) is 0 Å². The Bertz CT molecular complexity index is 938. The van der Waals surface area contributed by atoms with Gasteiger partial charge in [-0.2, -0.15) is 0 Å². The molecular weight excluding hydrogens is 328 g/mol. The second-order valence-electron chi connectivity index (χ2n) is 7.78. The molecule has 0 aliphatic carbocycles. The normalized spacial score (nSPS) is 19.5. The van der Waals surface area contributed by atoms with E-state index in [9.17, 15) is 9.59 Å². The lowest BCUT2D eigenvalue weighted by Crippen LogP contribution is -2.38. The van der Waals surface area contributed by atoms with Crippen molar-refractivity contribution in [2.45, 2.75) is 44.9 Å². The molecule has 1 amide bonds. The Morgan fingerprint density at radius 3 is 2.50 bits per heavy atom. The van der Waals surface area contributed by atoms with Gasteiger partial charge in [-0.1, -0.05) is 0 Å². The number of nitrogens with zero attached hydrogens (tertiary/aromatic N) is 2. The van der Waals surface area contributed by atoms with Crippen molar-refractivity contribution in [1.29, 1.82) is 0 Å². The van der Waals surface area contributed by atoms with Gasteiger partial charge in [0.15, 0.2) is 0 Å². The van der Waals surface area contributed by atoms with Gasteiger partial charge in [-0.15, -0.1) is 0 Å². The van der Waals surface area contributed by atoms with Crippen molar-refractivity contribution < 1.29 is 9.21 Å². The van der Waals surface area contributed by atoms with E-state index < -0.39 is 5.63 Å². The van der Waals surface area contributed by atoms with Gasteiger partial charge in [-0.05, 0) is 62.6 Å². The van der Waals surface area contributed by atoms with Crippen molar-refractivity contribution in [3.05, 3.63) is 39.2 Å². The molecule has 1 aromatic carbocycles. The summed E-state index contributed by atoms with van der Waals surface area (Å²) in [6.07, 6.45) is 7.43. The Kier molecular flexibility index (Phi) is 3.76. The molecule has 5 heteroatoms. The highest BCUT2D eigenvalue weighted by molar-refractivity contribution is 5.98. The number of carbonyl (C=O) groups excluding carboxylic acids is 1. The lowest BCUT2D eigenvalue weighted by Gasteiger charge is -2.37. The highest BCUT2D eigenvalue weighted by atomic mass is 16.4. The van der Waals surface area contributed by atoms with E-state index in [-0.39, 0.29) is 11.5 Å². The van der Waals surface area contributed by atoms with Crippen LogP contribution in [0.2, 0.25) is 0 Å². The zero-order valence-corrected chi connectivity index (χ0v) is 15.1. The molecule has 4 heterocycles. The van der Waals surface area contributed by atoms with E-state index in [1.165, 1.54) is 11.3 Å². The number of rotatable bonds is 1. The van der Waals surface area contributed by atoms with E-state index in [4.69, 9.17) is 4.42 Å². The molecule has 136 valence electrons. The SMILES string of the molecule is O=C(c1cc2cc3c4c(c2oc1=O)CCCN4CCC3)N1CCCCC1. The molecular formula is C21H24N2O3.